The monoisotopic (exact) mass is 483 g/mol. The molecule has 0 saturated carbocycles. The van der Waals surface area contributed by atoms with Crippen LogP contribution in [0.2, 0.25) is 0 Å². The van der Waals surface area contributed by atoms with E-state index in [1.165, 1.54) is 10.8 Å². The largest absolute Gasteiger partial charge is 0.487 e. The highest BCUT2D eigenvalue weighted by atomic mass is 16.5. The maximum atomic E-state index is 12.8. The summed E-state index contributed by atoms with van der Waals surface area (Å²) in [5.41, 5.74) is 6.07. The number of hydrazine groups is 1. The third-order valence-electron chi connectivity index (χ3n) is 5.25. The van der Waals surface area contributed by atoms with Crippen molar-refractivity contribution < 1.29 is 14.3 Å². The summed E-state index contributed by atoms with van der Waals surface area (Å²) in [6.45, 7) is 3.96. The van der Waals surface area contributed by atoms with Crippen LogP contribution in [0.25, 0.3) is 16.8 Å². The van der Waals surface area contributed by atoms with Crippen molar-refractivity contribution in [3.63, 3.8) is 0 Å². The van der Waals surface area contributed by atoms with Gasteiger partial charge in [-0.1, -0.05) is 36.4 Å². The van der Waals surface area contributed by atoms with Crippen LogP contribution in [0.5, 0.6) is 5.75 Å². The number of carbonyl (C=O) groups excluding carboxylic acids is 2. The lowest BCUT2D eigenvalue weighted by molar-refractivity contribution is -0.117. The molecular weight excluding hydrogens is 458 g/mol. The van der Waals surface area contributed by atoms with Crippen LogP contribution >= 0.6 is 0 Å². The van der Waals surface area contributed by atoms with Gasteiger partial charge in [0.2, 0.25) is 0 Å². The van der Waals surface area contributed by atoms with Crippen molar-refractivity contribution in [1.82, 2.24) is 25.6 Å². The maximum absolute atomic E-state index is 12.8. The van der Waals surface area contributed by atoms with E-state index in [9.17, 15) is 14.4 Å². The van der Waals surface area contributed by atoms with Crippen LogP contribution in [0.3, 0.4) is 0 Å². The molecule has 4 aromatic rings. The van der Waals surface area contributed by atoms with E-state index in [0.717, 1.165) is 11.3 Å². The van der Waals surface area contributed by atoms with Crippen molar-refractivity contribution in [2.45, 2.75) is 26.5 Å². The molecule has 0 saturated heterocycles. The maximum Gasteiger partial charge on any atom is 0.290 e. The Hall–Kier alpha value is -4.79. The molecule has 0 aliphatic rings. The molecule has 2 amide bonds. The first kappa shape index (κ1) is 24.3. The van der Waals surface area contributed by atoms with E-state index in [-0.39, 0.29) is 17.3 Å². The van der Waals surface area contributed by atoms with Crippen LogP contribution in [-0.2, 0) is 11.4 Å². The van der Waals surface area contributed by atoms with Gasteiger partial charge in [-0.3, -0.25) is 30.2 Å². The molecule has 36 heavy (non-hydrogen) atoms. The van der Waals surface area contributed by atoms with Crippen molar-refractivity contribution >= 4 is 28.7 Å². The summed E-state index contributed by atoms with van der Waals surface area (Å²) in [5, 5.41) is 5.01. The molecule has 2 aromatic carbocycles. The lowest BCUT2D eigenvalue weighted by Gasteiger charge is -2.13. The number of nitrogens with zero attached hydrogens (tertiary/aromatic N) is 3. The fourth-order valence-electron chi connectivity index (χ4n) is 3.43. The highest BCUT2D eigenvalue weighted by Crippen LogP contribution is 2.16. The predicted octanol–water partition coefficient (Wildman–Crippen LogP) is 3.43. The first-order valence-corrected chi connectivity index (χ1v) is 11.3. The Labute approximate surface area is 207 Å². The number of carbonyl (C=O) groups is 2. The number of nitrogens with one attached hydrogen (secondary N) is 2. The van der Waals surface area contributed by atoms with Gasteiger partial charge < -0.3 is 4.74 Å². The van der Waals surface area contributed by atoms with Crippen LogP contribution < -0.4 is 21.1 Å². The van der Waals surface area contributed by atoms with E-state index in [4.69, 9.17) is 4.74 Å². The molecule has 2 heterocycles. The molecule has 0 unspecified atom stereocenters. The van der Waals surface area contributed by atoms with Gasteiger partial charge in [0.05, 0.1) is 17.1 Å². The van der Waals surface area contributed by atoms with Gasteiger partial charge in [-0.05, 0) is 55.8 Å². The van der Waals surface area contributed by atoms with E-state index < -0.39 is 11.8 Å². The van der Waals surface area contributed by atoms with Gasteiger partial charge in [0.15, 0.2) is 5.69 Å². The average molecular weight is 484 g/mol. The molecule has 2 N–H and O–H groups in total. The summed E-state index contributed by atoms with van der Waals surface area (Å²) in [4.78, 5) is 41.9. The Morgan fingerprint density at radius 3 is 2.39 bits per heavy atom. The van der Waals surface area contributed by atoms with Gasteiger partial charge in [-0.25, -0.2) is 4.68 Å². The second kappa shape index (κ2) is 11.1. The summed E-state index contributed by atoms with van der Waals surface area (Å²) in [5.74, 6) is -0.478. The quantitative estimate of drug-likeness (QED) is 0.307. The molecule has 0 bridgehead atoms. The minimum Gasteiger partial charge on any atom is -0.487 e. The smallest absolute Gasteiger partial charge is 0.290 e. The minimum absolute atomic E-state index is 0.0458. The summed E-state index contributed by atoms with van der Waals surface area (Å²) in [6.07, 6.45) is 4.62. The van der Waals surface area contributed by atoms with Gasteiger partial charge >= 0.3 is 0 Å². The molecule has 0 fully saturated rings. The molecule has 9 nitrogen and oxygen atoms in total. The number of hydrogen-bond donors (Lipinski definition) is 2. The molecule has 0 radical (unpaired) electrons. The van der Waals surface area contributed by atoms with Crippen LogP contribution in [0.1, 0.15) is 41.6 Å². The number of rotatable bonds is 7. The van der Waals surface area contributed by atoms with Gasteiger partial charge in [0, 0.05) is 17.7 Å². The first-order chi connectivity index (χ1) is 17.4. The Kier molecular flexibility index (Phi) is 7.50. The Morgan fingerprint density at radius 1 is 0.972 bits per heavy atom. The van der Waals surface area contributed by atoms with Crippen LogP contribution in [-0.4, -0.2) is 26.6 Å². The van der Waals surface area contributed by atoms with E-state index in [1.54, 1.807) is 74.7 Å². The van der Waals surface area contributed by atoms with E-state index in [0.29, 0.717) is 23.1 Å². The number of ether oxygens (including phenoxy) is 1. The normalized spacial score (nSPS) is 11.1. The topological polar surface area (TPSA) is 115 Å². The zero-order valence-electron chi connectivity index (χ0n) is 19.8. The third-order valence-corrected chi connectivity index (χ3v) is 5.25. The Balaban J connectivity index is 1.36. The van der Waals surface area contributed by atoms with Gasteiger partial charge in [0.1, 0.15) is 12.4 Å². The summed E-state index contributed by atoms with van der Waals surface area (Å²) in [7, 11) is 0. The molecule has 2 aromatic heterocycles. The van der Waals surface area contributed by atoms with Crippen molar-refractivity contribution in [1.29, 1.82) is 0 Å². The minimum atomic E-state index is -0.628. The molecule has 4 rings (SSSR count). The van der Waals surface area contributed by atoms with Gasteiger partial charge in [0.25, 0.3) is 17.4 Å². The summed E-state index contributed by atoms with van der Waals surface area (Å²) >= 11 is 0. The van der Waals surface area contributed by atoms with E-state index in [1.807, 2.05) is 18.2 Å². The third kappa shape index (κ3) is 5.82. The highest BCUT2D eigenvalue weighted by Gasteiger charge is 2.18. The summed E-state index contributed by atoms with van der Waals surface area (Å²) in [6, 6.07) is 19.3. The fraction of sp³-hybridized carbons (Fsp3) is 0.148. The molecule has 182 valence electrons. The number of benzene rings is 2. The van der Waals surface area contributed by atoms with Crippen LogP contribution in [0, 0.1) is 0 Å². The molecule has 9 heteroatoms. The van der Waals surface area contributed by atoms with Crippen molar-refractivity contribution in [3.8, 4) is 5.75 Å². The number of aromatic nitrogens is 3. The second-order valence-electron chi connectivity index (χ2n) is 8.19. The number of amides is 2. The molecule has 0 aliphatic carbocycles. The van der Waals surface area contributed by atoms with E-state index >= 15 is 0 Å². The number of pyridine rings is 1. The van der Waals surface area contributed by atoms with Crippen molar-refractivity contribution in [3.05, 3.63) is 106 Å². The highest BCUT2D eigenvalue weighted by molar-refractivity contribution is 6.05. The van der Waals surface area contributed by atoms with Crippen LogP contribution in [0.15, 0.2) is 83.8 Å². The van der Waals surface area contributed by atoms with Crippen molar-refractivity contribution in [2.24, 2.45) is 0 Å². The Morgan fingerprint density at radius 2 is 1.69 bits per heavy atom. The van der Waals surface area contributed by atoms with Gasteiger partial charge in [-0.15, -0.1) is 0 Å². The SMILES string of the molecule is CC(C)n1nc(C(=O)NNC(=O)/C=C/c2ccc(OCc3ccccn3)cc2)c2ccccc2c1=O. The molecule has 0 atom stereocenters. The Bertz CT molecular complexity index is 1460. The molecular formula is C27H25N5O4. The van der Waals surface area contributed by atoms with Crippen LogP contribution in [0.4, 0.5) is 0 Å². The standard InChI is InChI=1S/C27H25N5O4/c1-18(2)32-27(35)23-9-4-3-8-22(23)25(31-32)26(34)30-29-24(33)15-12-19-10-13-21(14-11-19)36-17-20-7-5-6-16-28-20/h3-16,18H,17H2,1-2H3,(H,29,33)(H,30,34)/b15-12+. The number of hydrogen-bond acceptors (Lipinski definition) is 6. The average Bonchev–Trinajstić information content (AvgIpc) is 2.90. The summed E-state index contributed by atoms with van der Waals surface area (Å²) < 4.78 is 6.95. The zero-order valence-corrected chi connectivity index (χ0v) is 19.8. The first-order valence-electron chi connectivity index (χ1n) is 11.3. The van der Waals surface area contributed by atoms with E-state index in [2.05, 4.69) is 20.9 Å². The van der Waals surface area contributed by atoms with Gasteiger partial charge in [-0.2, -0.15) is 5.10 Å². The molecule has 0 spiro atoms. The molecule has 0 aliphatic heterocycles. The predicted molar refractivity (Wildman–Crippen MR) is 136 cm³/mol. The zero-order chi connectivity index (χ0) is 25.5. The lowest BCUT2D eigenvalue weighted by Crippen LogP contribution is -2.42. The second-order valence-corrected chi connectivity index (χ2v) is 8.19. The fourth-order valence-corrected chi connectivity index (χ4v) is 3.43. The van der Waals surface area contributed by atoms with Crippen molar-refractivity contribution in [2.75, 3.05) is 0 Å². The lowest BCUT2D eigenvalue weighted by atomic mass is 10.1. The number of fused-ring (bicyclic) bond motifs is 1.